The molecule has 0 radical (unpaired) electrons. The maximum Gasteiger partial charge on any atom is 0.321 e. The van der Waals surface area contributed by atoms with E-state index in [-0.39, 0.29) is 6.04 Å². The van der Waals surface area contributed by atoms with Crippen molar-refractivity contribution in [2.75, 3.05) is 14.2 Å². The summed E-state index contributed by atoms with van der Waals surface area (Å²) in [4.78, 5) is 23.4. The molecule has 0 bridgehead atoms. The van der Waals surface area contributed by atoms with Crippen LogP contribution in [-0.2, 0) is 4.79 Å². The molecule has 0 spiro atoms. The molecule has 1 heterocycles. The van der Waals surface area contributed by atoms with Gasteiger partial charge in [-0.15, -0.1) is 10.2 Å². The van der Waals surface area contributed by atoms with Gasteiger partial charge in [0.25, 0.3) is 0 Å². The molecule has 0 aliphatic rings. The fourth-order valence-corrected chi connectivity index (χ4v) is 3.23. The van der Waals surface area contributed by atoms with Crippen LogP contribution in [0.4, 0.5) is 4.79 Å². The fourth-order valence-electron chi connectivity index (χ4n) is 2.25. The topological polar surface area (TPSA) is 98.1 Å². The van der Waals surface area contributed by atoms with E-state index < -0.39 is 17.2 Å². The molecule has 2 N–H and O–H groups in total. The lowest BCUT2D eigenvalue weighted by Crippen LogP contribution is -2.41. The van der Waals surface area contributed by atoms with Crippen molar-refractivity contribution in [3.8, 4) is 17.1 Å². The van der Waals surface area contributed by atoms with Crippen LogP contribution < -0.4 is 15.4 Å². The summed E-state index contributed by atoms with van der Waals surface area (Å²) in [5, 5.41) is 13.3. The van der Waals surface area contributed by atoms with Gasteiger partial charge in [0.15, 0.2) is 11.0 Å². The number of carbonyl (C=O) groups excluding carboxylic acids is 2. The molecule has 140 valence electrons. The molecule has 0 fully saturated rings. The Morgan fingerprint density at radius 2 is 1.81 bits per heavy atom. The lowest BCUT2D eigenvalue weighted by Gasteiger charge is -2.16. The van der Waals surface area contributed by atoms with E-state index in [4.69, 9.17) is 4.74 Å². The molecule has 0 aliphatic heterocycles. The van der Waals surface area contributed by atoms with Crippen molar-refractivity contribution >= 4 is 23.7 Å². The van der Waals surface area contributed by atoms with Crippen LogP contribution in [0.2, 0.25) is 0 Å². The Balaban J connectivity index is 2.25. The summed E-state index contributed by atoms with van der Waals surface area (Å²) in [6.45, 7) is 5.76. The van der Waals surface area contributed by atoms with Crippen LogP contribution in [0.1, 0.15) is 26.8 Å². The third-order valence-corrected chi connectivity index (χ3v) is 4.70. The maximum atomic E-state index is 12.1. The average molecular weight is 377 g/mol. The van der Waals surface area contributed by atoms with E-state index in [1.54, 1.807) is 14.0 Å². The van der Waals surface area contributed by atoms with Gasteiger partial charge < -0.3 is 10.1 Å². The molecule has 1 aromatic carbocycles. The Kier molecular flexibility index (Phi) is 6.62. The Bertz CT molecular complexity index is 773. The second-order valence-electron chi connectivity index (χ2n) is 5.83. The molecular weight excluding hydrogens is 354 g/mol. The van der Waals surface area contributed by atoms with E-state index in [9.17, 15) is 9.59 Å². The molecule has 9 heteroatoms. The van der Waals surface area contributed by atoms with Gasteiger partial charge in [-0.25, -0.2) is 4.79 Å². The van der Waals surface area contributed by atoms with Gasteiger partial charge >= 0.3 is 6.03 Å². The van der Waals surface area contributed by atoms with Crippen LogP contribution in [0, 0.1) is 0 Å². The van der Waals surface area contributed by atoms with Gasteiger partial charge in [0.05, 0.1) is 12.4 Å². The molecule has 2 aromatic rings. The van der Waals surface area contributed by atoms with E-state index in [1.807, 2.05) is 42.7 Å². The zero-order valence-electron chi connectivity index (χ0n) is 15.4. The van der Waals surface area contributed by atoms with E-state index >= 15 is 0 Å². The Labute approximate surface area is 156 Å². The second kappa shape index (κ2) is 8.70. The van der Waals surface area contributed by atoms with E-state index in [0.717, 1.165) is 11.3 Å². The molecule has 3 amide bonds. The van der Waals surface area contributed by atoms with E-state index in [2.05, 4.69) is 20.8 Å². The number of hydrogen-bond acceptors (Lipinski definition) is 6. The van der Waals surface area contributed by atoms with Crippen LogP contribution in [0.3, 0.4) is 0 Å². The van der Waals surface area contributed by atoms with Gasteiger partial charge in [0.1, 0.15) is 5.75 Å². The van der Waals surface area contributed by atoms with Gasteiger partial charge in [-0.05, 0) is 45.0 Å². The molecule has 0 unspecified atom stereocenters. The number of methoxy groups -OCH3 is 1. The number of imide groups is 1. The molecule has 8 nitrogen and oxygen atoms in total. The van der Waals surface area contributed by atoms with Gasteiger partial charge in [-0.3, -0.25) is 14.7 Å². The van der Waals surface area contributed by atoms with Crippen molar-refractivity contribution in [2.45, 2.75) is 37.2 Å². The molecule has 1 aromatic heterocycles. The maximum absolute atomic E-state index is 12.1. The summed E-state index contributed by atoms with van der Waals surface area (Å²) in [5.74, 6) is 1.08. The third kappa shape index (κ3) is 4.54. The number of thioether (sulfide) groups is 1. The minimum Gasteiger partial charge on any atom is -0.497 e. The highest BCUT2D eigenvalue weighted by molar-refractivity contribution is 8.00. The number of rotatable bonds is 6. The highest BCUT2D eigenvalue weighted by Crippen LogP contribution is 2.30. The van der Waals surface area contributed by atoms with E-state index in [1.165, 1.54) is 18.8 Å². The third-order valence-electron chi connectivity index (χ3n) is 3.64. The predicted octanol–water partition coefficient (Wildman–Crippen LogP) is 2.47. The Morgan fingerprint density at radius 1 is 1.15 bits per heavy atom. The molecule has 26 heavy (non-hydrogen) atoms. The molecule has 1 atom stereocenters. The smallest absolute Gasteiger partial charge is 0.321 e. The minimum atomic E-state index is -0.535. The standard InChI is InChI=1S/C17H23N5O3S/c1-10(2)22-14(12-6-8-13(25-5)9-7-12)20-21-17(22)26-11(3)15(23)19-16(24)18-4/h6-11H,1-5H3,(H2,18,19,23,24)/t11-/m1/s1. The fraction of sp³-hybridized carbons (Fsp3) is 0.412. The number of carbonyl (C=O) groups is 2. The molecule has 0 saturated heterocycles. The zero-order valence-corrected chi connectivity index (χ0v) is 16.3. The predicted molar refractivity (Wildman–Crippen MR) is 100 cm³/mol. The summed E-state index contributed by atoms with van der Waals surface area (Å²) in [7, 11) is 3.07. The van der Waals surface area contributed by atoms with Crippen molar-refractivity contribution in [1.82, 2.24) is 25.4 Å². The Morgan fingerprint density at radius 3 is 2.35 bits per heavy atom. The largest absolute Gasteiger partial charge is 0.497 e. The van der Waals surface area contributed by atoms with Crippen LogP contribution >= 0.6 is 11.8 Å². The van der Waals surface area contributed by atoms with Crippen LogP contribution in [0.25, 0.3) is 11.4 Å². The summed E-state index contributed by atoms with van der Waals surface area (Å²) < 4.78 is 7.15. The van der Waals surface area contributed by atoms with Crippen molar-refractivity contribution < 1.29 is 14.3 Å². The second-order valence-corrected chi connectivity index (χ2v) is 7.13. The number of nitrogens with one attached hydrogen (secondary N) is 2. The summed E-state index contributed by atoms with van der Waals surface area (Å²) in [6.07, 6.45) is 0. The monoisotopic (exact) mass is 377 g/mol. The summed E-state index contributed by atoms with van der Waals surface area (Å²) in [6, 6.07) is 7.11. The summed E-state index contributed by atoms with van der Waals surface area (Å²) in [5.41, 5.74) is 0.904. The van der Waals surface area contributed by atoms with Crippen LogP contribution in [-0.4, -0.2) is 46.1 Å². The van der Waals surface area contributed by atoms with E-state index in [0.29, 0.717) is 11.0 Å². The highest BCUT2D eigenvalue weighted by Gasteiger charge is 2.23. The van der Waals surface area contributed by atoms with Crippen molar-refractivity contribution in [1.29, 1.82) is 0 Å². The van der Waals surface area contributed by atoms with Gasteiger partial charge in [0, 0.05) is 18.7 Å². The van der Waals surface area contributed by atoms with Crippen molar-refractivity contribution in [3.05, 3.63) is 24.3 Å². The molecule has 0 aliphatic carbocycles. The van der Waals surface area contributed by atoms with Gasteiger partial charge in [-0.1, -0.05) is 11.8 Å². The first-order chi connectivity index (χ1) is 12.4. The van der Waals surface area contributed by atoms with Gasteiger partial charge in [-0.2, -0.15) is 0 Å². The molecular formula is C17H23N5O3S. The molecule has 2 rings (SSSR count). The normalized spacial score (nSPS) is 11.9. The zero-order chi connectivity index (χ0) is 19.3. The minimum absolute atomic E-state index is 0.0961. The van der Waals surface area contributed by atoms with Crippen LogP contribution in [0.5, 0.6) is 5.75 Å². The quantitative estimate of drug-likeness (QED) is 0.751. The lowest BCUT2D eigenvalue weighted by molar-refractivity contribution is -0.119. The first-order valence-corrected chi connectivity index (χ1v) is 9.03. The number of urea groups is 1. The first kappa shape index (κ1) is 19.8. The van der Waals surface area contributed by atoms with Gasteiger partial charge in [0.2, 0.25) is 5.91 Å². The number of benzene rings is 1. The van der Waals surface area contributed by atoms with Crippen molar-refractivity contribution in [3.63, 3.8) is 0 Å². The number of nitrogens with zero attached hydrogens (tertiary/aromatic N) is 3. The van der Waals surface area contributed by atoms with Crippen LogP contribution in [0.15, 0.2) is 29.4 Å². The first-order valence-electron chi connectivity index (χ1n) is 8.16. The SMILES string of the molecule is CNC(=O)NC(=O)[C@@H](C)Sc1nnc(-c2ccc(OC)cc2)n1C(C)C. The van der Waals surface area contributed by atoms with Crippen molar-refractivity contribution in [2.24, 2.45) is 0 Å². The summed E-state index contributed by atoms with van der Waals surface area (Å²) >= 11 is 1.25. The number of aromatic nitrogens is 3. The number of ether oxygens (including phenoxy) is 1. The Hall–Kier alpha value is -2.55. The number of hydrogen-bond donors (Lipinski definition) is 2. The highest BCUT2D eigenvalue weighted by atomic mass is 32.2. The molecule has 0 saturated carbocycles. The number of amides is 3. The lowest BCUT2D eigenvalue weighted by atomic mass is 10.2. The average Bonchev–Trinajstić information content (AvgIpc) is 3.05.